The molecule has 3 heterocycles. The molecule has 7 heteroatoms. The molecular formula is C14H12N4O3. The Hall–Kier alpha value is -2.96. The Kier molecular flexibility index (Phi) is 3.02. The standard InChI is InChI=1S/C14H12N4O3/c1-17-10(6-14(20)21)5-13(19)18-12(17)7-11(16-18)9-3-2-4-15-8-9/h2-5,7-8H,6H2,1H3,(H,20,21). The minimum atomic E-state index is -0.985. The van der Waals surface area contributed by atoms with Gasteiger partial charge in [-0.2, -0.15) is 9.61 Å². The molecule has 106 valence electrons. The first-order valence-electron chi connectivity index (χ1n) is 6.27. The van der Waals surface area contributed by atoms with E-state index >= 15 is 0 Å². The molecule has 0 aliphatic rings. The Balaban J connectivity index is 2.22. The van der Waals surface area contributed by atoms with Crippen molar-refractivity contribution in [2.45, 2.75) is 6.42 Å². The van der Waals surface area contributed by atoms with Gasteiger partial charge >= 0.3 is 5.97 Å². The van der Waals surface area contributed by atoms with Gasteiger partial charge in [0.25, 0.3) is 5.56 Å². The maximum Gasteiger partial charge on any atom is 0.309 e. The first-order chi connectivity index (χ1) is 10.1. The first kappa shape index (κ1) is 13.0. The number of hydrogen-bond acceptors (Lipinski definition) is 4. The number of rotatable bonds is 3. The number of carboxylic acids is 1. The smallest absolute Gasteiger partial charge is 0.309 e. The third-order valence-electron chi connectivity index (χ3n) is 3.25. The van der Waals surface area contributed by atoms with Crippen LogP contribution in [0.15, 0.2) is 41.5 Å². The molecule has 0 aliphatic carbocycles. The van der Waals surface area contributed by atoms with Gasteiger partial charge in [-0.1, -0.05) is 0 Å². The number of fused-ring (bicyclic) bond motifs is 1. The lowest BCUT2D eigenvalue weighted by atomic mass is 10.2. The van der Waals surface area contributed by atoms with Gasteiger partial charge in [0.15, 0.2) is 0 Å². The zero-order valence-corrected chi connectivity index (χ0v) is 11.2. The molecule has 3 aromatic heterocycles. The van der Waals surface area contributed by atoms with Crippen molar-refractivity contribution in [2.75, 3.05) is 0 Å². The zero-order chi connectivity index (χ0) is 15.0. The number of hydrogen-bond donors (Lipinski definition) is 1. The molecule has 0 atom stereocenters. The number of pyridine rings is 1. The molecule has 1 N–H and O–H groups in total. The van der Waals surface area contributed by atoms with E-state index in [4.69, 9.17) is 5.11 Å². The van der Waals surface area contributed by atoms with Gasteiger partial charge in [0.2, 0.25) is 0 Å². The lowest BCUT2D eigenvalue weighted by molar-refractivity contribution is -0.136. The number of aliphatic carboxylic acids is 1. The molecule has 0 aliphatic heterocycles. The van der Waals surface area contributed by atoms with E-state index in [1.165, 1.54) is 10.6 Å². The van der Waals surface area contributed by atoms with Crippen molar-refractivity contribution in [3.8, 4) is 11.3 Å². The van der Waals surface area contributed by atoms with E-state index in [2.05, 4.69) is 10.1 Å². The third-order valence-corrected chi connectivity index (χ3v) is 3.25. The highest BCUT2D eigenvalue weighted by Gasteiger charge is 2.13. The van der Waals surface area contributed by atoms with Gasteiger partial charge in [0, 0.05) is 42.8 Å². The van der Waals surface area contributed by atoms with Gasteiger partial charge in [-0.3, -0.25) is 14.6 Å². The maximum absolute atomic E-state index is 12.1. The Labute approximate surface area is 119 Å². The molecule has 0 spiro atoms. The van der Waals surface area contributed by atoms with Gasteiger partial charge in [0.1, 0.15) is 5.65 Å². The predicted octanol–water partition coefficient (Wildman–Crippen LogP) is 0.722. The van der Waals surface area contributed by atoms with E-state index in [9.17, 15) is 9.59 Å². The van der Waals surface area contributed by atoms with E-state index in [1.54, 1.807) is 36.1 Å². The SMILES string of the molecule is Cn1c(CC(=O)O)cc(=O)n2nc(-c3cccnc3)cc12. The quantitative estimate of drug-likeness (QED) is 0.765. The monoisotopic (exact) mass is 284 g/mol. The van der Waals surface area contributed by atoms with Gasteiger partial charge in [-0.15, -0.1) is 0 Å². The van der Waals surface area contributed by atoms with Gasteiger partial charge in [-0.05, 0) is 12.1 Å². The normalized spacial score (nSPS) is 10.9. The molecule has 0 unspecified atom stereocenters. The molecule has 7 nitrogen and oxygen atoms in total. The molecule has 0 saturated heterocycles. The molecule has 21 heavy (non-hydrogen) atoms. The Morgan fingerprint density at radius 2 is 2.19 bits per heavy atom. The average molecular weight is 284 g/mol. The van der Waals surface area contributed by atoms with E-state index in [0.29, 0.717) is 17.0 Å². The summed E-state index contributed by atoms with van der Waals surface area (Å²) in [4.78, 5) is 26.9. The number of aryl methyl sites for hydroxylation is 1. The number of aromatic nitrogens is 4. The summed E-state index contributed by atoms with van der Waals surface area (Å²) in [5.74, 6) is -0.985. The predicted molar refractivity (Wildman–Crippen MR) is 75.0 cm³/mol. The minimum Gasteiger partial charge on any atom is -0.481 e. The van der Waals surface area contributed by atoms with Crippen molar-refractivity contribution in [2.24, 2.45) is 7.05 Å². The second-order valence-electron chi connectivity index (χ2n) is 4.64. The summed E-state index contributed by atoms with van der Waals surface area (Å²) >= 11 is 0. The van der Waals surface area contributed by atoms with Crippen molar-refractivity contribution in [1.82, 2.24) is 19.2 Å². The van der Waals surface area contributed by atoms with E-state index < -0.39 is 5.97 Å². The van der Waals surface area contributed by atoms with Crippen molar-refractivity contribution in [3.63, 3.8) is 0 Å². The van der Waals surface area contributed by atoms with Crippen LogP contribution in [0.4, 0.5) is 0 Å². The fraction of sp³-hybridized carbons (Fsp3) is 0.143. The summed E-state index contributed by atoms with van der Waals surface area (Å²) < 4.78 is 2.91. The molecule has 0 bridgehead atoms. The van der Waals surface area contributed by atoms with Gasteiger partial charge in [-0.25, -0.2) is 0 Å². The van der Waals surface area contributed by atoms with E-state index in [-0.39, 0.29) is 12.0 Å². The number of carboxylic acid groups (broad SMARTS) is 1. The van der Waals surface area contributed by atoms with Crippen LogP contribution < -0.4 is 5.56 Å². The molecule has 0 saturated carbocycles. The second kappa shape index (κ2) is 4.86. The highest BCUT2D eigenvalue weighted by Crippen LogP contribution is 2.18. The van der Waals surface area contributed by atoms with E-state index in [0.717, 1.165) is 5.56 Å². The Morgan fingerprint density at radius 3 is 2.86 bits per heavy atom. The van der Waals surface area contributed by atoms with E-state index in [1.807, 2.05) is 6.07 Å². The fourth-order valence-electron chi connectivity index (χ4n) is 2.20. The average Bonchev–Trinajstić information content (AvgIpc) is 2.91. The van der Waals surface area contributed by atoms with Crippen LogP contribution in [0.1, 0.15) is 5.69 Å². The summed E-state index contributed by atoms with van der Waals surface area (Å²) in [6, 6.07) is 6.66. The van der Waals surface area contributed by atoms with Crippen molar-refractivity contribution in [3.05, 3.63) is 52.7 Å². The van der Waals surface area contributed by atoms with Crippen LogP contribution in [0.5, 0.6) is 0 Å². The first-order valence-corrected chi connectivity index (χ1v) is 6.27. The topological polar surface area (TPSA) is 89.5 Å². The fourth-order valence-corrected chi connectivity index (χ4v) is 2.20. The zero-order valence-electron chi connectivity index (χ0n) is 11.2. The van der Waals surface area contributed by atoms with Crippen molar-refractivity contribution >= 4 is 11.6 Å². The van der Waals surface area contributed by atoms with Crippen LogP contribution >= 0.6 is 0 Å². The molecule has 0 amide bonds. The second-order valence-corrected chi connectivity index (χ2v) is 4.64. The maximum atomic E-state index is 12.1. The third kappa shape index (κ3) is 2.29. The molecule has 3 rings (SSSR count). The number of carbonyl (C=O) groups is 1. The number of nitrogens with zero attached hydrogens (tertiary/aromatic N) is 4. The largest absolute Gasteiger partial charge is 0.481 e. The van der Waals surface area contributed by atoms with Crippen LogP contribution in [0.25, 0.3) is 16.9 Å². The van der Waals surface area contributed by atoms with Gasteiger partial charge < -0.3 is 9.67 Å². The summed E-state index contributed by atoms with van der Waals surface area (Å²) in [5, 5.41) is 13.2. The van der Waals surface area contributed by atoms with Crippen LogP contribution in [0, 0.1) is 0 Å². The summed E-state index contributed by atoms with van der Waals surface area (Å²) in [6.45, 7) is 0. The molecule has 0 aromatic carbocycles. The van der Waals surface area contributed by atoms with Gasteiger partial charge in [0.05, 0.1) is 12.1 Å². The molecular weight excluding hydrogens is 272 g/mol. The molecule has 0 fully saturated rings. The van der Waals surface area contributed by atoms with Crippen LogP contribution in [-0.2, 0) is 18.3 Å². The van der Waals surface area contributed by atoms with Crippen LogP contribution in [0.3, 0.4) is 0 Å². The lowest BCUT2D eigenvalue weighted by Crippen LogP contribution is -2.21. The molecule has 3 aromatic rings. The summed E-state index contributed by atoms with van der Waals surface area (Å²) in [6.07, 6.45) is 3.10. The van der Waals surface area contributed by atoms with Crippen LogP contribution in [0.2, 0.25) is 0 Å². The minimum absolute atomic E-state index is 0.213. The Morgan fingerprint density at radius 1 is 1.38 bits per heavy atom. The lowest BCUT2D eigenvalue weighted by Gasteiger charge is -2.07. The summed E-state index contributed by atoms with van der Waals surface area (Å²) in [7, 11) is 1.71. The van der Waals surface area contributed by atoms with Crippen molar-refractivity contribution in [1.29, 1.82) is 0 Å². The molecule has 0 radical (unpaired) electrons. The van der Waals surface area contributed by atoms with Crippen molar-refractivity contribution < 1.29 is 9.90 Å². The van der Waals surface area contributed by atoms with Crippen LogP contribution in [-0.4, -0.2) is 30.2 Å². The highest BCUT2D eigenvalue weighted by atomic mass is 16.4. The summed E-state index contributed by atoms with van der Waals surface area (Å²) in [5.41, 5.74) is 2.02. The Bertz CT molecular complexity index is 880. The highest BCUT2D eigenvalue weighted by molar-refractivity contribution is 5.70.